The van der Waals surface area contributed by atoms with Gasteiger partial charge in [0.05, 0.1) is 51.6 Å². The second-order valence-electron chi connectivity index (χ2n) is 22.2. The number of hydrogen-bond donors (Lipinski definition) is 11. The molecule has 6 atom stereocenters. The summed E-state index contributed by atoms with van der Waals surface area (Å²) in [6, 6.07) is -3.48. The zero-order chi connectivity index (χ0) is 67.0. The summed E-state index contributed by atoms with van der Waals surface area (Å²) in [5, 5.41) is 59.4. The Kier molecular flexibility index (Phi) is 54.6. The molecule has 5 amide bonds. The molecule has 0 aliphatic rings. The Morgan fingerprint density at radius 1 is 0.461 bits per heavy atom. The molecule has 514 valence electrons. The third-order valence-electron chi connectivity index (χ3n) is 14.5. The van der Waals surface area contributed by atoms with Crippen LogP contribution < -0.4 is 32.3 Å². The number of nitrogens with two attached hydrogens (primary N) is 1. The van der Waals surface area contributed by atoms with E-state index >= 15 is 0 Å². The Morgan fingerprint density at radius 2 is 0.966 bits per heavy atom. The lowest BCUT2D eigenvalue weighted by Gasteiger charge is -2.20. The second kappa shape index (κ2) is 57.2. The van der Waals surface area contributed by atoms with Crippen molar-refractivity contribution in [2.45, 2.75) is 238 Å². The predicted octanol–water partition coefficient (Wildman–Crippen LogP) is 4.72. The molecule has 0 aromatic carbocycles. The number of aliphatic carboxylic acids is 4. The van der Waals surface area contributed by atoms with Gasteiger partial charge in [-0.3, -0.25) is 53.3 Å². The van der Waals surface area contributed by atoms with Crippen molar-refractivity contribution in [3.8, 4) is 0 Å². The van der Waals surface area contributed by atoms with Gasteiger partial charge in [0.2, 0.25) is 29.5 Å². The minimum Gasteiger partial charge on any atom is -0.481 e. The number of hydrogen-bond acceptors (Lipinski definition) is 18. The van der Waals surface area contributed by atoms with E-state index in [0.29, 0.717) is 84.3 Å². The molecule has 0 aliphatic heterocycles. The highest BCUT2D eigenvalue weighted by atomic mass is 16.5. The van der Waals surface area contributed by atoms with Crippen LogP contribution in [0.25, 0.3) is 0 Å². The average molecular weight is 1280 g/mol. The zero-order valence-electron chi connectivity index (χ0n) is 53.6. The number of nitrogens with one attached hydrogen (secondary N) is 5. The van der Waals surface area contributed by atoms with Crippen molar-refractivity contribution >= 4 is 70.8 Å². The molecule has 0 rings (SSSR count). The summed E-state index contributed by atoms with van der Waals surface area (Å²) in [4.78, 5) is 141. The number of carboxylic acids is 4. The van der Waals surface area contributed by atoms with Crippen LogP contribution >= 0.6 is 0 Å². The third kappa shape index (κ3) is 52.5. The Hall–Kier alpha value is -6.00. The Morgan fingerprint density at radius 3 is 1.48 bits per heavy atom. The first-order valence-corrected chi connectivity index (χ1v) is 32.0. The van der Waals surface area contributed by atoms with Crippen molar-refractivity contribution in [3.05, 3.63) is 0 Å². The first kappa shape index (κ1) is 85.1. The highest BCUT2D eigenvalue weighted by Crippen LogP contribution is 2.18. The number of carbonyl (C=O) groups excluding carboxylic acids is 8. The number of Topliss-reactive ketones (excluding diaryl/α,β-unsaturated/α-hetero) is 3. The van der Waals surface area contributed by atoms with Gasteiger partial charge < -0.3 is 71.5 Å². The third-order valence-corrected chi connectivity index (χ3v) is 14.5. The smallest absolute Gasteiger partial charge is 0.326 e. The number of carbonyl (C=O) groups is 12. The van der Waals surface area contributed by atoms with Gasteiger partial charge in [-0.2, -0.15) is 0 Å². The first-order valence-electron chi connectivity index (χ1n) is 32.0. The standard InChI is InChI=1S/C34H60N2O11.C28H50N4O10/c1-46-24-25-47-23-22-35-30(38)21-18-27(33(42)43)26-28(37)19-20-29(34(44)45)36-31(39)16-14-12-10-8-6-4-2-3-5-7-9-11-13-15-17-32(40)41;1-4-20(23(35)17-31-26(19(3)33)27(29)38)9-6-7-13-30-24(36)12-11-22(28(39)40)32-25(37)18-42-16-15-41-14-8-10-21(34)5-2/h27,29H,2-26H2,1H3,(H,35,38)(H,36,39)(H,40,41)(H,42,43)(H,44,45);19-20,22,26,31,33H,4-18H2,1-3H3,(H2,29,38)(H,30,36)(H,32,37)(H,39,40)/t27-,29+;19-,20+,22+,26+/m11/s1. The molecule has 0 fully saturated rings. The lowest BCUT2D eigenvalue weighted by molar-refractivity contribution is -0.145. The maximum atomic E-state index is 12.5. The summed E-state index contributed by atoms with van der Waals surface area (Å²) >= 11 is 0. The highest BCUT2D eigenvalue weighted by Gasteiger charge is 2.27. The van der Waals surface area contributed by atoms with E-state index in [9.17, 15) is 78.0 Å². The number of ether oxygens (including phenoxy) is 4. The van der Waals surface area contributed by atoms with E-state index in [1.165, 1.54) is 45.4 Å². The van der Waals surface area contributed by atoms with E-state index in [4.69, 9.17) is 29.8 Å². The molecule has 0 unspecified atom stereocenters. The maximum absolute atomic E-state index is 12.5. The van der Waals surface area contributed by atoms with Gasteiger partial charge in [-0.25, -0.2) is 9.59 Å². The number of primary amides is 1. The molecule has 27 heteroatoms. The van der Waals surface area contributed by atoms with Crippen LogP contribution in [0, 0.1) is 11.8 Å². The molecule has 0 bridgehead atoms. The lowest BCUT2D eigenvalue weighted by atomic mass is 9.94. The molecule has 89 heavy (non-hydrogen) atoms. The van der Waals surface area contributed by atoms with Crippen LogP contribution in [0.15, 0.2) is 0 Å². The van der Waals surface area contributed by atoms with Crippen LogP contribution in [0.2, 0.25) is 0 Å². The number of ketones is 3. The fourth-order valence-corrected chi connectivity index (χ4v) is 9.09. The van der Waals surface area contributed by atoms with Crippen LogP contribution in [0.3, 0.4) is 0 Å². The SMILES string of the molecule is CCC(=O)CCCOCCOCC(=O)N[C@@H](CCC(=O)NCCCC[C@H](CC)C(=O)CN[C@H](C(N)=O)[C@@H](C)O)C(=O)O.COCCOCCNC(=O)CC[C@H](CC(=O)CC[C@H](NC(=O)CCCCCCCCCCCCCCCCC(=O)O)C(=O)O)C(=O)O. The quantitative estimate of drug-likeness (QED) is 0.0367. The number of unbranched alkanes of at least 4 members (excludes halogenated alkanes) is 14. The summed E-state index contributed by atoms with van der Waals surface area (Å²) in [6.07, 6.45) is 17.4. The predicted molar refractivity (Wildman–Crippen MR) is 329 cm³/mol. The van der Waals surface area contributed by atoms with Crippen molar-refractivity contribution in [1.29, 1.82) is 0 Å². The number of methoxy groups -OCH3 is 1. The largest absolute Gasteiger partial charge is 0.481 e. The molecule has 0 aliphatic carbocycles. The van der Waals surface area contributed by atoms with Crippen molar-refractivity contribution in [1.82, 2.24) is 26.6 Å². The van der Waals surface area contributed by atoms with Gasteiger partial charge in [0.15, 0.2) is 0 Å². The Balaban J connectivity index is 0. The van der Waals surface area contributed by atoms with Crippen LogP contribution in [0.1, 0.15) is 213 Å². The summed E-state index contributed by atoms with van der Waals surface area (Å²) in [6.45, 7) is 7.19. The van der Waals surface area contributed by atoms with E-state index in [0.717, 1.165) is 44.9 Å². The van der Waals surface area contributed by atoms with Gasteiger partial charge in [0.25, 0.3) is 0 Å². The summed E-state index contributed by atoms with van der Waals surface area (Å²) in [5.41, 5.74) is 5.22. The summed E-state index contributed by atoms with van der Waals surface area (Å²) in [7, 11) is 1.55. The van der Waals surface area contributed by atoms with E-state index in [1.54, 1.807) is 14.0 Å². The molecule has 0 saturated heterocycles. The van der Waals surface area contributed by atoms with E-state index < -0.39 is 71.6 Å². The molecule has 27 nitrogen and oxygen atoms in total. The van der Waals surface area contributed by atoms with E-state index in [-0.39, 0.29) is 126 Å². The average Bonchev–Trinajstić information content (AvgIpc) is 3.60. The minimum atomic E-state index is -1.26. The molecule has 0 spiro atoms. The fraction of sp³-hybridized carbons (Fsp3) is 0.806. The normalized spacial score (nSPS) is 13.0. The molecule has 12 N–H and O–H groups in total. The lowest BCUT2D eigenvalue weighted by Crippen LogP contribution is -2.50. The van der Waals surface area contributed by atoms with Crippen molar-refractivity contribution in [3.63, 3.8) is 0 Å². The van der Waals surface area contributed by atoms with Crippen molar-refractivity contribution in [2.24, 2.45) is 17.6 Å². The zero-order valence-corrected chi connectivity index (χ0v) is 53.6. The van der Waals surface area contributed by atoms with Crippen LogP contribution in [-0.4, -0.2) is 194 Å². The van der Waals surface area contributed by atoms with Crippen molar-refractivity contribution < 1.29 is 102 Å². The number of carboxylic acid groups (broad SMARTS) is 4. The Labute approximate surface area is 525 Å². The second-order valence-corrected chi connectivity index (χ2v) is 22.2. The number of rotatable bonds is 61. The maximum Gasteiger partial charge on any atom is 0.326 e. The minimum absolute atomic E-state index is 0.0313. The summed E-state index contributed by atoms with van der Waals surface area (Å²) < 4.78 is 20.6. The van der Waals surface area contributed by atoms with Gasteiger partial charge in [-0.15, -0.1) is 0 Å². The van der Waals surface area contributed by atoms with Crippen LogP contribution in [0.5, 0.6) is 0 Å². The molecule has 0 saturated carbocycles. The van der Waals surface area contributed by atoms with Gasteiger partial charge in [0.1, 0.15) is 42.1 Å². The fourth-order valence-electron chi connectivity index (χ4n) is 9.09. The number of aliphatic hydroxyl groups excluding tert-OH is 1. The van der Waals surface area contributed by atoms with Gasteiger partial charge in [0, 0.05) is 84.1 Å². The van der Waals surface area contributed by atoms with Gasteiger partial charge in [-0.05, 0) is 64.7 Å². The van der Waals surface area contributed by atoms with Gasteiger partial charge >= 0.3 is 23.9 Å². The van der Waals surface area contributed by atoms with E-state index in [2.05, 4.69) is 26.6 Å². The van der Waals surface area contributed by atoms with Crippen molar-refractivity contribution in [2.75, 3.05) is 73.0 Å². The monoisotopic (exact) mass is 1270 g/mol. The first-order chi connectivity index (χ1) is 42.5. The molecule has 0 aromatic rings. The highest BCUT2D eigenvalue weighted by molar-refractivity contribution is 5.88. The van der Waals surface area contributed by atoms with Crippen LogP contribution in [-0.2, 0) is 76.5 Å². The molecular formula is C62H110N6O21. The molecule has 0 heterocycles. The molecule has 0 radical (unpaired) electrons. The van der Waals surface area contributed by atoms with Gasteiger partial charge in [-0.1, -0.05) is 97.3 Å². The Bertz CT molecular complexity index is 2030. The van der Waals surface area contributed by atoms with E-state index in [1.807, 2.05) is 6.92 Å². The topological polar surface area (TPSA) is 429 Å². The number of amides is 5. The summed E-state index contributed by atoms with van der Waals surface area (Å²) in [5.74, 6) is -8.55. The molecular weight excluding hydrogens is 1160 g/mol. The number of aliphatic hydroxyl groups is 1. The molecule has 0 aromatic heterocycles. The van der Waals surface area contributed by atoms with Crippen LogP contribution in [0.4, 0.5) is 0 Å².